The maximum atomic E-state index is 5.71. The van der Waals surface area contributed by atoms with Gasteiger partial charge < -0.3 is 4.42 Å². The molecule has 2 heterocycles. The number of oxazole rings is 1. The molecule has 0 spiro atoms. The van der Waals surface area contributed by atoms with Gasteiger partial charge in [0.15, 0.2) is 5.89 Å². The van der Waals surface area contributed by atoms with Crippen molar-refractivity contribution in [2.75, 3.05) is 0 Å². The van der Waals surface area contributed by atoms with Crippen molar-refractivity contribution in [1.29, 1.82) is 0 Å². The van der Waals surface area contributed by atoms with Crippen molar-refractivity contribution in [2.24, 2.45) is 0 Å². The van der Waals surface area contributed by atoms with E-state index in [1.54, 1.807) is 11.5 Å². The molecule has 2 aromatic rings. The number of aryl methyl sites for hydroxylation is 2. The largest absolute Gasteiger partial charge is 0.445 e. The van der Waals surface area contributed by atoms with Crippen LogP contribution < -0.4 is 0 Å². The minimum Gasteiger partial charge on any atom is -0.445 e. The van der Waals surface area contributed by atoms with Gasteiger partial charge in [-0.05, 0) is 36.9 Å². The van der Waals surface area contributed by atoms with E-state index in [1.165, 1.54) is 4.88 Å². The lowest BCUT2D eigenvalue weighted by molar-refractivity contribution is 0.429. The molecule has 0 aromatic carbocycles. The van der Waals surface area contributed by atoms with Crippen molar-refractivity contribution in [2.45, 2.75) is 52.4 Å². The highest BCUT2D eigenvalue weighted by Crippen LogP contribution is 2.25. The van der Waals surface area contributed by atoms with E-state index in [1.807, 2.05) is 13.1 Å². The summed E-state index contributed by atoms with van der Waals surface area (Å²) in [6, 6.07) is 2.17. The Kier molecular flexibility index (Phi) is 4.17. The SMILES string of the molecule is Cc1cc(C(C)CCc2ncc(C(C)C)o2)sn1. The van der Waals surface area contributed by atoms with Gasteiger partial charge in [-0.25, -0.2) is 4.98 Å². The first-order valence-electron chi connectivity index (χ1n) is 6.44. The van der Waals surface area contributed by atoms with Crippen LogP contribution in [0.1, 0.15) is 61.2 Å². The maximum Gasteiger partial charge on any atom is 0.194 e. The summed E-state index contributed by atoms with van der Waals surface area (Å²) in [5, 5.41) is 0. The summed E-state index contributed by atoms with van der Waals surface area (Å²) >= 11 is 1.60. The summed E-state index contributed by atoms with van der Waals surface area (Å²) in [5.74, 6) is 2.76. The van der Waals surface area contributed by atoms with E-state index in [4.69, 9.17) is 4.42 Å². The van der Waals surface area contributed by atoms with Crippen molar-refractivity contribution in [3.8, 4) is 0 Å². The van der Waals surface area contributed by atoms with Crippen LogP contribution in [-0.2, 0) is 6.42 Å². The molecule has 0 amide bonds. The smallest absolute Gasteiger partial charge is 0.194 e. The van der Waals surface area contributed by atoms with Crippen LogP contribution in [0.15, 0.2) is 16.7 Å². The van der Waals surface area contributed by atoms with Crippen molar-refractivity contribution < 1.29 is 4.42 Å². The first-order chi connectivity index (χ1) is 8.56. The summed E-state index contributed by atoms with van der Waals surface area (Å²) in [5.41, 5.74) is 1.11. The molecule has 0 aliphatic rings. The fraction of sp³-hybridized carbons (Fsp3) is 0.571. The van der Waals surface area contributed by atoms with Crippen molar-refractivity contribution in [1.82, 2.24) is 9.36 Å². The number of rotatable bonds is 5. The van der Waals surface area contributed by atoms with Crippen molar-refractivity contribution in [3.05, 3.63) is 34.5 Å². The van der Waals surface area contributed by atoms with Gasteiger partial charge in [0.05, 0.1) is 11.9 Å². The Labute approximate surface area is 112 Å². The Balaban J connectivity index is 1.90. The number of nitrogens with zero attached hydrogens (tertiary/aromatic N) is 2. The molecule has 1 unspecified atom stereocenters. The fourth-order valence-electron chi connectivity index (χ4n) is 1.80. The Morgan fingerprint density at radius 1 is 1.33 bits per heavy atom. The molecule has 0 bridgehead atoms. The van der Waals surface area contributed by atoms with Crippen LogP contribution in [0.25, 0.3) is 0 Å². The Bertz CT molecular complexity index is 501. The first-order valence-corrected chi connectivity index (χ1v) is 7.21. The van der Waals surface area contributed by atoms with Crippen LogP contribution >= 0.6 is 11.5 Å². The summed E-state index contributed by atoms with van der Waals surface area (Å²) in [7, 11) is 0. The fourth-order valence-corrected chi connectivity index (χ4v) is 2.63. The molecule has 0 N–H and O–H groups in total. The van der Waals surface area contributed by atoms with E-state index in [9.17, 15) is 0 Å². The highest BCUT2D eigenvalue weighted by Gasteiger charge is 2.12. The van der Waals surface area contributed by atoms with Crippen LogP contribution in [-0.4, -0.2) is 9.36 Å². The topological polar surface area (TPSA) is 38.9 Å². The second-order valence-electron chi connectivity index (χ2n) is 5.12. The van der Waals surface area contributed by atoms with Crippen LogP contribution in [0.4, 0.5) is 0 Å². The Morgan fingerprint density at radius 3 is 2.67 bits per heavy atom. The molecule has 0 fully saturated rings. The van der Waals surface area contributed by atoms with E-state index in [0.29, 0.717) is 11.8 Å². The minimum absolute atomic E-state index is 0.410. The predicted octanol–water partition coefficient (Wildman–Crippen LogP) is 4.30. The second-order valence-corrected chi connectivity index (χ2v) is 5.96. The molecule has 0 aliphatic heterocycles. The van der Waals surface area contributed by atoms with Gasteiger partial charge in [0.1, 0.15) is 5.76 Å². The van der Waals surface area contributed by atoms with Crippen LogP contribution in [0.2, 0.25) is 0 Å². The summed E-state index contributed by atoms with van der Waals surface area (Å²) < 4.78 is 10.0. The molecule has 3 nitrogen and oxygen atoms in total. The zero-order chi connectivity index (χ0) is 13.1. The monoisotopic (exact) mass is 264 g/mol. The lowest BCUT2D eigenvalue weighted by Gasteiger charge is -2.06. The highest BCUT2D eigenvalue weighted by atomic mass is 32.1. The summed E-state index contributed by atoms with van der Waals surface area (Å²) in [6.07, 6.45) is 3.80. The number of hydrogen-bond acceptors (Lipinski definition) is 4. The zero-order valence-corrected chi connectivity index (χ0v) is 12.3. The van der Waals surface area contributed by atoms with Gasteiger partial charge in [-0.3, -0.25) is 0 Å². The van der Waals surface area contributed by atoms with Gasteiger partial charge in [-0.15, -0.1) is 0 Å². The third-order valence-corrected chi connectivity index (χ3v) is 4.17. The average Bonchev–Trinajstić information content (AvgIpc) is 2.94. The molecule has 4 heteroatoms. The van der Waals surface area contributed by atoms with Gasteiger partial charge in [0.2, 0.25) is 0 Å². The van der Waals surface area contributed by atoms with Crippen LogP contribution in [0.5, 0.6) is 0 Å². The third-order valence-electron chi connectivity index (χ3n) is 3.06. The lowest BCUT2D eigenvalue weighted by atomic mass is 10.0. The molecular formula is C14H20N2OS. The molecule has 0 saturated carbocycles. The van der Waals surface area contributed by atoms with Gasteiger partial charge in [-0.2, -0.15) is 4.37 Å². The Morgan fingerprint density at radius 2 is 2.11 bits per heavy atom. The van der Waals surface area contributed by atoms with Gasteiger partial charge in [0, 0.05) is 17.2 Å². The van der Waals surface area contributed by atoms with Gasteiger partial charge in [0.25, 0.3) is 0 Å². The standard InChI is InChI=1S/C14H20N2OS/c1-9(2)12-8-15-14(17-12)6-5-10(3)13-7-11(4)16-18-13/h7-10H,5-6H2,1-4H3. The van der Waals surface area contributed by atoms with E-state index in [2.05, 4.69) is 36.2 Å². The number of hydrogen-bond donors (Lipinski definition) is 0. The molecule has 18 heavy (non-hydrogen) atoms. The molecule has 2 aromatic heterocycles. The third kappa shape index (κ3) is 3.19. The molecule has 0 radical (unpaired) electrons. The first kappa shape index (κ1) is 13.3. The van der Waals surface area contributed by atoms with Crippen molar-refractivity contribution >= 4 is 11.5 Å². The molecule has 98 valence electrons. The maximum absolute atomic E-state index is 5.71. The predicted molar refractivity (Wildman–Crippen MR) is 74.2 cm³/mol. The van der Waals surface area contributed by atoms with Gasteiger partial charge >= 0.3 is 0 Å². The molecule has 2 rings (SSSR count). The lowest BCUT2D eigenvalue weighted by Crippen LogP contribution is -1.94. The summed E-state index contributed by atoms with van der Waals surface area (Å²) in [4.78, 5) is 5.68. The number of aromatic nitrogens is 2. The van der Waals surface area contributed by atoms with Gasteiger partial charge in [-0.1, -0.05) is 20.8 Å². The van der Waals surface area contributed by atoms with Crippen molar-refractivity contribution in [3.63, 3.8) is 0 Å². The van der Waals surface area contributed by atoms with E-state index >= 15 is 0 Å². The van der Waals surface area contributed by atoms with Crippen LogP contribution in [0.3, 0.4) is 0 Å². The molecular weight excluding hydrogens is 244 g/mol. The normalized spacial score (nSPS) is 13.2. The molecule has 1 atom stereocenters. The molecule has 0 saturated heterocycles. The summed E-state index contributed by atoms with van der Waals surface area (Å²) in [6.45, 7) is 8.51. The van der Waals surface area contributed by atoms with Crippen LogP contribution in [0, 0.1) is 6.92 Å². The van der Waals surface area contributed by atoms with E-state index in [0.717, 1.165) is 30.2 Å². The highest BCUT2D eigenvalue weighted by molar-refractivity contribution is 7.05. The quantitative estimate of drug-likeness (QED) is 0.808. The minimum atomic E-state index is 0.410. The zero-order valence-electron chi connectivity index (χ0n) is 11.4. The second kappa shape index (κ2) is 5.65. The average molecular weight is 264 g/mol. The van der Waals surface area contributed by atoms with E-state index in [-0.39, 0.29) is 0 Å². The Hall–Kier alpha value is -1.16. The molecule has 0 aliphatic carbocycles. The van der Waals surface area contributed by atoms with E-state index < -0.39 is 0 Å².